The third-order valence-electron chi connectivity index (χ3n) is 4.11. The van der Waals surface area contributed by atoms with Gasteiger partial charge in [0.15, 0.2) is 0 Å². The number of carbonyl (C=O) groups is 2. The van der Waals surface area contributed by atoms with E-state index >= 15 is 0 Å². The molecule has 0 aliphatic carbocycles. The molecule has 1 aromatic carbocycles. The van der Waals surface area contributed by atoms with Crippen molar-refractivity contribution in [3.8, 4) is 0 Å². The van der Waals surface area contributed by atoms with Gasteiger partial charge in [0.25, 0.3) is 5.91 Å². The van der Waals surface area contributed by atoms with Crippen molar-refractivity contribution in [1.82, 2.24) is 9.80 Å². The zero-order chi connectivity index (χ0) is 16.3. The molecule has 0 N–H and O–H groups in total. The smallest absolute Gasteiger partial charge is 0.253 e. The standard InChI is InChI=1S/C17H25N3O2/c1-18(2)15-9-5-7-13(11-15)17(22)20-10-6-8-14(12-20)16(21)19(3)4/h5,7,9,11,14H,6,8,10,12H2,1-4H3. The summed E-state index contributed by atoms with van der Waals surface area (Å²) in [4.78, 5) is 30.2. The van der Waals surface area contributed by atoms with Crippen molar-refractivity contribution in [3.63, 3.8) is 0 Å². The highest BCUT2D eigenvalue weighted by Crippen LogP contribution is 2.21. The van der Waals surface area contributed by atoms with Gasteiger partial charge in [0.1, 0.15) is 0 Å². The number of amides is 2. The number of piperidine rings is 1. The van der Waals surface area contributed by atoms with Crippen LogP contribution in [0.15, 0.2) is 24.3 Å². The lowest BCUT2D eigenvalue weighted by Gasteiger charge is -2.33. The zero-order valence-corrected chi connectivity index (χ0v) is 13.9. The molecular weight excluding hydrogens is 278 g/mol. The third kappa shape index (κ3) is 3.59. The summed E-state index contributed by atoms with van der Waals surface area (Å²) in [5, 5.41) is 0. The number of rotatable bonds is 3. The summed E-state index contributed by atoms with van der Waals surface area (Å²) >= 11 is 0. The van der Waals surface area contributed by atoms with Gasteiger partial charge in [0.05, 0.1) is 5.92 Å². The van der Waals surface area contributed by atoms with E-state index in [1.54, 1.807) is 19.0 Å². The van der Waals surface area contributed by atoms with Crippen molar-refractivity contribution in [1.29, 1.82) is 0 Å². The molecule has 1 aromatic rings. The maximum atomic E-state index is 12.7. The van der Waals surface area contributed by atoms with Crippen LogP contribution in [0.25, 0.3) is 0 Å². The van der Waals surface area contributed by atoms with Crippen LogP contribution in [0.5, 0.6) is 0 Å². The van der Waals surface area contributed by atoms with Crippen molar-refractivity contribution >= 4 is 17.5 Å². The van der Waals surface area contributed by atoms with Crippen molar-refractivity contribution in [2.45, 2.75) is 12.8 Å². The average molecular weight is 303 g/mol. The number of benzene rings is 1. The van der Waals surface area contributed by atoms with Gasteiger partial charge >= 0.3 is 0 Å². The molecule has 5 heteroatoms. The second-order valence-corrected chi connectivity index (χ2v) is 6.27. The number of likely N-dealkylation sites (tertiary alicyclic amines) is 1. The van der Waals surface area contributed by atoms with Gasteiger partial charge in [-0.25, -0.2) is 0 Å². The van der Waals surface area contributed by atoms with Gasteiger partial charge in [-0.15, -0.1) is 0 Å². The Kier molecular flexibility index (Phi) is 5.06. The molecule has 120 valence electrons. The summed E-state index contributed by atoms with van der Waals surface area (Å²) in [5.74, 6) is 0.0456. The first-order chi connectivity index (χ1) is 10.4. The van der Waals surface area contributed by atoms with E-state index in [2.05, 4.69) is 0 Å². The summed E-state index contributed by atoms with van der Waals surface area (Å²) in [5.41, 5.74) is 1.69. The van der Waals surface area contributed by atoms with Gasteiger partial charge in [0.2, 0.25) is 5.91 Å². The molecule has 2 amide bonds. The Morgan fingerprint density at radius 2 is 1.91 bits per heavy atom. The fourth-order valence-electron chi connectivity index (χ4n) is 2.83. The molecule has 0 saturated carbocycles. The minimum absolute atomic E-state index is 0.0138. The molecule has 1 fully saturated rings. The largest absolute Gasteiger partial charge is 0.378 e. The molecule has 1 aliphatic heterocycles. The normalized spacial score (nSPS) is 18.0. The van der Waals surface area contributed by atoms with E-state index in [1.165, 1.54) is 0 Å². The topological polar surface area (TPSA) is 43.9 Å². The predicted octanol–water partition coefficient (Wildman–Crippen LogP) is 1.69. The van der Waals surface area contributed by atoms with Crippen molar-refractivity contribution in [3.05, 3.63) is 29.8 Å². The first-order valence-corrected chi connectivity index (χ1v) is 7.68. The van der Waals surface area contributed by atoms with Crippen LogP contribution in [-0.4, -0.2) is 62.9 Å². The zero-order valence-electron chi connectivity index (χ0n) is 13.9. The third-order valence-corrected chi connectivity index (χ3v) is 4.11. The van der Waals surface area contributed by atoms with E-state index < -0.39 is 0 Å². The van der Waals surface area contributed by atoms with Crippen LogP contribution in [0, 0.1) is 5.92 Å². The van der Waals surface area contributed by atoms with E-state index in [0.29, 0.717) is 12.1 Å². The molecule has 1 saturated heterocycles. The molecule has 1 atom stereocenters. The summed E-state index contributed by atoms with van der Waals surface area (Å²) in [6.45, 7) is 1.24. The van der Waals surface area contributed by atoms with Crippen molar-refractivity contribution in [2.24, 2.45) is 5.92 Å². The molecule has 1 aliphatic rings. The van der Waals surface area contributed by atoms with Gasteiger partial charge in [-0.2, -0.15) is 0 Å². The molecule has 0 radical (unpaired) electrons. The number of hydrogen-bond acceptors (Lipinski definition) is 3. The Bertz CT molecular complexity index is 555. The van der Waals surface area contributed by atoms with Gasteiger partial charge in [-0.3, -0.25) is 9.59 Å². The van der Waals surface area contributed by atoms with Crippen molar-refractivity contribution < 1.29 is 9.59 Å². The Morgan fingerprint density at radius 3 is 2.55 bits per heavy atom. The number of hydrogen-bond donors (Lipinski definition) is 0. The summed E-state index contributed by atoms with van der Waals surface area (Å²) in [6.07, 6.45) is 1.74. The predicted molar refractivity (Wildman–Crippen MR) is 88.1 cm³/mol. The molecular formula is C17H25N3O2. The Labute approximate surface area is 132 Å². The van der Waals surface area contributed by atoms with Gasteiger partial charge in [0, 0.05) is 52.5 Å². The fourth-order valence-corrected chi connectivity index (χ4v) is 2.83. The first kappa shape index (κ1) is 16.3. The summed E-state index contributed by atoms with van der Waals surface area (Å²) in [6, 6.07) is 7.62. The minimum Gasteiger partial charge on any atom is -0.378 e. The summed E-state index contributed by atoms with van der Waals surface area (Å²) < 4.78 is 0. The molecule has 22 heavy (non-hydrogen) atoms. The quantitative estimate of drug-likeness (QED) is 0.853. The second kappa shape index (κ2) is 6.81. The fraction of sp³-hybridized carbons (Fsp3) is 0.529. The summed E-state index contributed by atoms with van der Waals surface area (Å²) in [7, 11) is 7.44. The first-order valence-electron chi connectivity index (χ1n) is 7.68. The number of nitrogens with zero attached hydrogens (tertiary/aromatic N) is 3. The molecule has 0 spiro atoms. The molecule has 0 aromatic heterocycles. The highest BCUT2D eigenvalue weighted by Gasteiger charge is 2.29. The van der Waals surface area contributed by atoms with Crippen molar-refractivity contribution in [2.75, 3.05) is 46.2 Å². The van der Waals surface area contributed by atoms with E-state index in [9.17, 15) is 9.59 Å². The van der Waals surface area contributed by atoms with Crippen LogP contribution in [0.4, 0.5) is 5.69 Å². The van der Waals surface area contributed by atoms with Crippen LogP contribution in [0.2, 0.25) is 0 Å². The van der Waals surface area contributed by atoms with Crippen LogP contribution >= 0.6 is 0 Å². The van der Waals surface area contributed by atoms with E-state index in [4.69, 9.17) is 0 Å². The lowest BCUT2D eigenvalue weighted by molar-refractivity contribution is -0.134. The van der Waals surface area contributed by atoms with Gasteiger partial charge in [-0.1, -0.05) is 6.07 Å². The maximum absolute atomic E-state index is 12.7. The maximum Gasteiger partial charge on any atom is 0.253 e. The highest BCUT2D eigenvalue weighted by atomic mass is 16.2. The Balaban J connectivity index is 2.12. The number of carbonyl (C=O) groups excluding carboxylic acids is 2. The van der Waals surface area contributed by atoms with Crippen LogP contribution < -0.4 is 4.90 Å². The average Bonchev–Trinajstić information content (AvgIpc) is 2.53. The monoisotopic (exact) mass is 303 g/mol. The molecule has 0 bridgehead atoms. The van der Waals surface area contributed by atoms with E-state index in [0.717, 1.165) is 25.1 Å². The molecule has 1 unspecified atom stereocenters. The SMILES string of the molecule is CN(C)C(=O)C1CCCN(C(=O)c2cccc(N(C)C)c2)C1. The molecule has 2 rings (SSSR count). The Morgan fingerprint density at radius 1 is 1.18 bits per heavy atom. The van der Waals surface area contributed by atoms with E-state index in [1.807, 2.05) is 48.2 Å². The minimum atomic E-state index is -0.0790. The van der Waals surface area contributed by atoms with Gasteiger partial charge in [-0.05, 0) is 31.0 Å². The van der Waals surface area contributed by atoms with E-state index in [-0.39, 0.29) is 17.7 Å². The molecule has 5 nitrogen and oxygen atoms in total. The molecule has 1 heterocycles. The number of anilines is 1. The second-order valence-electron chi connectivity index (χ2n) is 6.27. The highest BCUT2D eigenvalue weighted by molar-refractivity contribution is 5.95. The lowest BCUT2D eigenvalue weighted by atomic mass is 9.96. The Hall–Kier alpha value is -2.04. The van der Waals surface area contributed by atoms with Gasteiger partial charge < -0.3 is 14.7 Å². The lowest BCUT2D eigenvalue weighted by Crippen LogP contribution is -2.45. The van der Waals surface area contributed by atoms with Crippen LogP contribution in [0.1, 0.15) is 23.2 Å². The van der Waals surface area contributed by atoms with Crippen LogP contribution in [0.3, 0.4) is 0 Å². The van der Waals surface area contributed by atoms with Crippen LogP contribution in [-0.2, 0) is 4.79 Å².